The molecule has 56 valence electrons. The maximum absolute atomic E-state index is 8.58. The predicted octanol–water partition coefficient (Wildman–Crippen LogP) is 0.0302. The van der Waals surface area contributed by atoms with Crippen LogP contribution in [0.5, 0.6) is 0 Å². The molecule has 3 heteroatoms. The maximum atomic E-state index is 8.58. The van der Waals surface area contributed by atoms with Gasteiger partial charge in [-0.25, -0.2) is 0 Å². The molecule has 0 aliphatic carbocycles. The normalized spacial score (nSPS) is 13.7. The molecule has 0 aromatic rings. The molecule has 0 unspecified atom stereocenters. The molecule has 0 aromatic carbocycles. The first-order valence-electron chi connectivity index (χ1n) is 3.06. The van der Waals surface area contributed by atoms with Gasteiger partial charge in [0.1, 0.15) is 6.10 Å². The van der Waals surface area contributed by atoms with E-state index in [9.17, 15) is 0 Å². The summed E-state index contributed by atoms with van der Waals surface area (Å²) in [5.74, 6) is 0. The lowest BCUT2D eigenvalue weighted by Gasteiger charge is -2.11. The van der Waals surface area contributed by atoms with E-state index in [1.54, 1.807) is 7.11 Å². The molecule has 0 aromatic heterocycles. The molecule has 0 fully saturated rings. The first-order chi connectivity index (χ1) is 4.35. The van der Waals surface area contributed by atoms with Gasteiger partial charge in [0.25, 0.3) is 0 Å². The molecule has 0 aliphatic heterocycles. The summed E-state index contributed by atoms with van der Waals surface area (Å²) < 4.78 is 9.82. The minimum atomic E-state index is -0.153. The topological polar surface area (TPSA) is 38.7 Å². The molecular formula is C6H14O3. The van der Waals surface area contributed by atoms with Gasteiger partial charge in [0.2, 0.25) is 0 Å². The van der Waals surface area contributed by atoms with Gasteiger partial charge in [0, 0.05) is 13.7 Å². The van der Waals surface area contributed by atoms with Crippen LogP contribution in [0.3, 0.4) is 0 Å². The lowest BCUT2D eigenvalue weighted by Crippen LogP contribution is -2.22. The Labute approximate surface area is 55.6 Å². The van der Waals surface area contributed by atoms with Crippen molar-refractivity contribution in [1.29, 1.82) is 0 Å². The lowest BCUT2D eigenvalue weighted by molar-refractivity contribution is -0.0259. The Kier molecular flexibility index (Phi) is 5.93. The monoisotopic (exact) mass is 134 g/mol. The zero-order valence-corrected chi connectivity index (χ0v) is 5.96. The Morgan fingerprint density at radius 3 is 2.56 bits per heavy atom. The number of aliphatic hydroxyl groups excluding tert-OH is 1. The fraction of sp³-hybridized carbons (Fsp3) is 1.00. The molecule has 0 aliphatic rings. The van der Waals surface area contributed by atoms with Crippen LogP contribution in [0, 0.1) is 0 Å². The highest BCUT2D eigenvalue weighted by atomic mass is 16.5. The van der Waals surface area contributed by atoms with Gasteiger partial charge in [-0.05, 0) is 6.92 Å². The van der Waals surface area contributed by atoms with Crippen LogP contribution in [-0.4, -0.2) is 38.1 Å². The largest absolute Gasteiger partial charge is 0.394 e. The first-order valence-corrected chi connectivity index (χ1v) is 3.06. The van der Waals surface area contributed by atoms with Crippen LogP contribution in [0.4, 0.5) is 0 Å². The summed E-state index contributed by atoms with van der Waals surface area (Å²) in [7, 11) is 1.58. The molecule has 0 amide bonds. The van der Waals surface area contributed by atoms with Crippen LogP contribution >= 0.6 is 0 Å². The fourth-order valence-corrected chi connectivity index (χ4v) is 0.575. The number of rotatable bonds is 5. The van der Waals surface area contributed by atoms with Crippen molar-refractivity contribution >= 4 is 0 Å². The van der Waals surface area contributed by atoms with Crippen LogP contribution < -0.4 is 0 Å². The second-order valence-corrected chi connectivity index (χ2v) is 1.72. The third-order valence-corrected chi connectivity index (χ3v) is 0.959. The SMILES string of the molecule is CCO[C@H](CO)COC. The maximum Gasteiger partial charge on any atom is 0.104 e. The van der Waals surface area contributed by atoms with Gasteiger partial charge >= 0.3 is 0 Å². The molecule has 1 N–H and O–H groups in total. The Morgan fingerprint density at radius 2 is 2.22 bits per heavy atom. The highest BCUT2D eigenvalue weighted by Crippen LogP contribution is 1.89. The molecule has 0 radical (unpaired) electrons. The number of methoxy groups -OCH3 is 1. The Balaban J connectivity index is 3.18. The van der Waals surface area contributed by atoms with Gasteiger partial charge in [0.15, 0.2) is 0 Å². The molecule has 0 heterocycles. The molecule has 0 saturated carbocycles. The van der Waals surface area contributed by atoms with Crippen molar-refractivity contribution in [1.82, 2.24) is 0 Å². The predicted molar refractivity (Wildman–Crippen MR) is 34.4 cm³/mol. The van der Waals surface area contributed by atoms with E-state index in [-0.39, 0.29) is 12.7 Å². The fourth-order valence-electron chi connectivity index (χ4n) is 0.575. The highest BCUT2D eigenvalue weighted by molar-refractivity contribution is 4.51. The third-order valence-electron chi connectivity index (χ3n) is 0.959. The van der Waals surface area contributed by atoms with Gasteiger partial charge in [-0.1, -0.05) is 0 Å². The van der Waals surface area contributed by atoms with E-state index >= 15 is 0 Å². The smallest absolute Gasteiger partial charge is 0.104 e. The molecule has 0 saturated heterocycles. The second-order valence-electron chi connectivity index (χ2n) is 1.72. The number of hydrogen-bond acceptors (Lipinski definition) is 3. The van der Waals surface area contributed by atoms with Gasteiger partial charge in [-0.15, -0.1) is 0 Å². The molecule has 3 nitrogen and oxygen atoms in total. The molecular weight excluding hydrogens is 120 g/mol. The Bertz CT molecular complexity index is 50.3. The molecule has 0 bridgehead atoms. The summed E-state index contributed by atoms with van der Waals surface area (Å²) in [4.78, 5) is 0. The van der Waals surface area contributed by atoms with Crippen LogP contribution in [-0.2, 0) is 9.47 Å². The van der Waals surface area contributed by atoms with Crippen molar-refractivity contribution in [3.8, 4) is 0 Å². The van der Waals surface area contributed by atoms with Gasteiger partial charge < -0.3 is 14.6 Å². The zero-order chi connectivity index (χ0) is 7.11. The van der Waals surface area contributed by atoms with E-state index in [2.05, 4.69) is 0 Å². The second kappa shape index (κ2) is 6.01. The van der Waals surface area contributed by atoms with Crippen molar-refractivity contribution in [2.75, 3.05) is 26.9 Å². The van der Waals surface area contributed by atoms with Gasteiger partial charge in [0.05, 0.1) is 13.2 Å². The quantitative estimate of drug-likeness (QED) is 0.576. The molecule has 0 rings (SSSR count). The van der Waals surface area contributed by atoms with E-state index < -0.39 is 0 Å². The van der Waals surface area contributed by atoms with E-state index in [1.165, 1.54) is 0 Å². The Hall–Kier alpha value is -0.120. The summed E-state index contributed by atoms with van der Waals surface area (Å²) in [6.07, 6.45) is -0.153. The number of ether oxygens (including phenoxy) is 2. The molecule has 1 atom stereocenters. The van der Waals surface area contributed by atoms with E-state index in [0.29, 0.717) is 13.2 Å². The average Bonchev–Trinajstić information content (AvgIpc) is 1.88. The minimum absolute atomic E-state index is 0.0294. The van der Waals surface area contributed by atoms with Crippen molar-refractivity contribution < 1.29 is 14.6 Å². The van der Waals surface area contributed by atoms with E-state index in [4.69, 9.17) is 14.6 Å². The summed E-state index contributed by atoms with van der Waals surface area (Å²) in [6.45, 7) is 3.00. The van der Waals surface area contributed by atoms with E-state index in [1.807, 2.05) is 6.92 Å². The third kappa shape index (κ3) is 4.39. The summed E-state index contributed by atoms with van der Waals surface area (Å²) in [5.41, 5.74) is 0. The minimum Gasteiger partial charge on any atom is -0.394 e. The van der Waals surface area contributed by atoms with E-state index in [0.717, 1.165) is 0 Å². The first kappa shape index (κ1) is 8.88. The summed E-state index contributed by atoms with van der Waals surface area (Å²) in [5, 5.41) is 8.58. The lowest BCUT2D eigenvalue weighted by atomic mass is 10.4. The molecule has 9 heavy (non-hydrogen) atoms. The highest BCUT2D eigenvalue weighted by Gasteiger charge is 2.03. The summed E-state index contributed by atoms with van der Waals surface area (Å²) in [6, 6.07) is 0. The standard InChI is InChI=1S/C6H14O3/c1-3-9-6(4-7)5-8-2/h6-7H,3-5H2,1-2H3/t6-/m1/s1. The van der Waals surface area contributed by atoms with Crippen LogP contribution in [0.15, 0.2) is 0 Å². The average molecular weight is 134 g/mol. The zero-order valence-electron chi connectivity index (χ0n) is 5.96. The summed E-state index contributed by atoms with van der Waals surface area (Å²) >= 11 is 0. The van der Waals surface area contributed by atoms with Crippen molar-refractivity contribution in [2.24, 2.45) is 0 Å². The van der Waals surface area contributed by atoms with Crippen LogP contribution in [0.1, 0.15) is 6.92 Å². The number of hydrogen-bond donors (Lipinski definition) is 1. The van der Waals surface area contributed by atoms with Gasteiger partial charge in [-0.2, -0.15) is 0 Å². The van der Waals surface area contributed by atoms with Crippen LogP contribution in [0.2, 0.25) is 0 Å². The van der Waals surface area contributed by atoms with Crippen molar-refractivity contribution in [3.05, 3.63) is 0 Å². The number of aliphatic hydroxyl groups is 1. The van der Waals surface area contributed by atoms with Crippen LogP contribution in [0.25, 0.3) is 0 Å². The van der Waals surface area contributed by atoms with Crippen molar-refractivity contribution in [3.63, 3.8) is 0 Å². The Morgan fingerprint density at radius 1 is 1.56 bits per heavy atom. The molecule has 0 spiro atoms. The van der Waals surface area contributed by atoms with Crippen molar-refractivity contribution in [2.45, 2.75) is 13.0 Å². The van der Waals surface area contributed by atoms with Gasteiger partial charge in [-0.3, -0.25) is 0 Å².